The molecule has 2 heterocycles. The van der Waals surface area contributed by atoms with Crippen LogP contribution in [-0.4, -0.2) is 41.4 Å². The van der Waals surface area contributed by atoms with Crippen molar-refractivity contribution in [3.8, 4) is 0 Å². The maximum absolute atomic E-state index is 13.5. The number of aromatic nitrogens is 2. The Hall–Kier alpha value is -2.87. The van der Waals surface area contributed by atoms with Crippen LogP contribution >= 0.6 is 0 Å². The molecule has 27 heavy (non-hydrogen) atoms. The number of halogens is 2. The molecule has 6 nitrogen and oxygen atoms in total. The highest BCUT2D eigenvalue weighted by molar-refractivity contribution is 6.08. The average Bonchev–Trinajstić information content (AvgIpc) is 2.69. The maximum atomic E-state index is 13.5. The molecule has 1 fully saturated rings. The van der Waals surface area contributed by atoms with Crippen LogP contribution in [0.15, 0.2) is 41.8 Å². The number of anilines is 1. The van der Waals surface area contributed by atoms with Gasteiger partial charge in [0.15, 0.2) is 11.6 Å². The number of piperidine rings is 1. The van der Waals surface area contributed by atoms with E-state index in [-0.39, 0.29) is 0 Å². The van der Waals surface area contributed by atoms with Gasteiger partial charge in [-0.1, -0.05) is 6.07 Å². The summed E-state index contributed by atoms with van der Waals surface area (Å²) in [6.07, 6.45) is 6.98. The molecule has 2 aromatic rings. The minimum absolute atomic E-state index is 0.361. The molecule has 0 atom stereocenters. The molecule has 0 aliphatic carbocycles. The number of rotatable bonds is 4. The summed E-state index contributed by atoms with van der Waals surface area (Å²) in [5, 5.41) is 10.9. The molecule has 1 aliphatic heterocycles. The Kier molecular flexibility index (Phi) is 5.46. The molecule has 142 valence electrons. The molecule has 0 amide bonds. The van der Waals surface area contributed by atoms with Crippen LogP contribution in [0.4, 0.5) is 14.6 Å². The fraction of sp³-hybridized carbons (Fsp3) is 0.316. The molecular formula is C19H21F2N5O. The van der Waals surface area contributed by atoms with Gasteiger partial charge in [0.25, 0.3) is 0 Å². The molecule has 1 aromatic heterocycles. The number of benzene rings is 1. The second kappa shape index (κ2) is 7.79. The number of nitrogens with two attached hydrogens (primary N) is 1. The van der Waals surface area contributed by atoms with E-state index in [1.807, 2.05) is 4.90 Å². The SMILES string of the molecule is CN=C/C(=C\N)c1cncc(N2CCC(O)(c3ccc(F)c(F)c3)CC2)n1. The van der Waals surface area contributed by atoms with Gasteiger partial charge >= 0.3 is 0 Å². The van der Waals surface area contributed by atoms with E-state index in [9.17, 15) is 13.9 Å². The number of nitrogens with zero attached hydrogens (tertiary/aromatic N) is 4. The zero-order chi connectivity index (χ0) is 19.4. The molecule has 3 N–H and O–H groups in total. The van der Waals surface area contributed by atoms with Gasteiger partial charge in [-0.25, -0.2) is 13.8 Å². The third-order valence-electron chi connectivity index (χ3n) is 4.74. The van der Waals surface area contributed by atoms with Crippen molar-refractivity contribution < 1.29 is 13.9 Å². The Labute approximate surface area is 156 Å². The summed E-state index contributed by atoms with van der Waals surface area (Å²) in [5.74, 6) is -1.23. The minimum Gasteiger partial charge on any atom is -0.404 e. The zero-order valence-electron chi connectivity index (χ0n) is 14.9. The number of hydrogen-bond acceptors (Lipinski definition) is 6. The largest absolute Gasteiger partial charge is 0.404 e. The monoisotopic (exact) mass is 373 g/mol. The fourth-order valence-electron chi connectivity index (χ4n) is 3.16. The number of allylic oxidation sites excluding steroid dienone is 1. The van der Waals surface area contributed by atoms with Crippen molar-refractivity contribution in [2.45, 2.75) is 18.4 Å². The molecule has 0 radical (unpaired) electrons. The third kappa shape index (κ3) is 3.95. The first-order valence-electron chi connectivity index (χ1n) is 8.56. The van der Waals surface area contributed by atoms with Crippen molar-refractivity contribution in [3.05, 3.63) is 59.7 Å². The normalized spacial score (nSPS) is 17.5. The highest BCUT2D eigenvalue weighted by atomic mass is 19.2. The molecule has 0 bridgehead atoms. The van der Waals surface area contributed by atoms with Crippen molar-refractivity contribution in [1.29, 1.82) is 0 Å². The first-order valence-corrected chi connectivity index (χ1v) is 8.56. The van der Waals surface area contributed by atoms with Crippen molar-refractivity contribution in [2.75, 3.05) is 25.0 Å². The summed E-state index contributed by atoms with van der Waals surface area (Å²) >= 11 is 0. The predicted molar refractivity (Wildman–Crippen MR) is 100 cm³/mol. The lowest BCUT2D eigenvalue weighted by Gasteiger charge is -2.39. The van der Waals surface area contributed by atoms with Crippen LogP contribution in [0.25, 0.3) is 5.57 Å². The van der Waals surface area contributed by atoms with Crippen molar-refractivity contribution >= 4 is 17.6 Å². The number of hydrogen-bond donors (Lipinski definition) is 2. The van der Waals surface area contributed by atoms with Gasteiger partial charge in [-0.2, -0.15) is 0 Å². The Morgan fingerprint density at radius 2 is 2.00 bits per heavy atom. The van der Waals surface area contributed by atoms with E-state index in [4.69, 9.17) is 5.73 Å². The van der Waals surface area contributed by atoms with Gasteiger partial charge in [-0.15, -0.1) is 0 Å². The van der Waals surface area contributed by atoms with Gasteiger partial charge in [0.05, 0.1) is 23.7 Å². The molecule has 3 rings (SSSR count). The van der Waals surface area contributed by atoms with E-state index in [2.05, 4.69) is 15.0 Å². The molecule has 8 heteroatoms. The van der Waals surface area contributed by atoms with E-state index in [1.165, 1.54) is 12.3 Å². The smallest absolute Gasteiger partial charge is 0.159 e. The van der Waals surface area contributed by atoms with Crippen LogP contribution in [0.5, 0.6) is 0 Å². The Bertz CT molecular complexity index is 876. The lowest BCUT2D eigenvalue weighted by molar-refractivity contribution is 0.0113. The summed E-state index contributed by atoms with van der Waals surface area (Å²) in [6, 6.07) is 3.53. The van der Waals surface area contributed by atoms with Gasteiger partial charge in [0, 0.05) is 38.1 Å². The van der Waals surface area contributed by atoms with E-state index in [0.29, 0.717) is 48.6 Å². The molecule has 0 saturated carbocycles. The van der Waals surface area contributed by atoms with Crippen molar-refractivity contribution in [2.24, 2.45) is 10.7 Å². The zero-order valence-corrected chi connectivity index (χ0v) is 14.9. The topological polar surface area (TPSA) is 87.6 Å². The second-order valence-electron chi connectivity index (χ2n) is 6.42. The number of aliphatic hydroxyl groups is 1. The molecule has 0 unspecified atom stereocenters. The van der Waals surface area contributed by atoms with Crippen LogP contribution in [0.3, 0.4) is 0 Å². The van der Waals surface area contributed by atoms with Gasteiger partial charge in [0.2, 0.25) is 0 Å². The first-order chi connectivity index (χ1) is 13.0. The van der Waals surface area contributed by atoms with Crippen LogP contribution in [0.2, 0.25) is 0 Å². The first kappa shape index (κ1) is 18.9. The quantitative estimate of drug-likeness (QED) is 0.803. The lowest BCUT2D eigenvalue weighted by atomic mass is 9.84. The summed E-state index contributed by atoms with van der Waals surface area (Å²) in [5.41, 5.74) is 6.05. The fourth-order valence-corrected chi connectivity index (χ4v) is 3.16. The molecule has 1 aromatic carbocycles. The van der Waals surface area contributed by atoms with Crippen LogP contribution in [0, 0.1) is 11.6 Å². The Morgan fingerprint density at radius 3 is 2.63 bits per heavy atom. The van der Waals surface area contributed by atoms with Crippen molar-refractivity contribution in [1.82, 2.24) is 9.97 Å². The summed E-state index contributed by atoms with van der Waals surface area (Å²) in [4.78, 5) is 14.7. The second-order valence-corrected chi connectivity index (χ2v) is 6.42. The van der Waals surface area contributed by atoms with E-state index >= 15 is 0 Å². The molecule has 0 spiro atoms. The summed E-state index contributed by atoms with van der Waals surface area (Å²) < 4.78 is 26.7. The molecular weight excluding hydrogens is 352 g/mol. The lowest BCUT2D eigenvalue weighted by Crippen LogP contribution is -2.43. The van der Waals surface area contributed by atoms with Crippen LogP contribution in [0.1, 0.15) is 24.1 Å². The van der Waals surface area contributed by atoms with Crippen molar-refractivity contribution in [3.63, 3.8) is 0 Å². The summed E-state index contributed by atoms with van der Waals surface area (Å²) in [7, 11) is 1.64. The standard InChI is InChI=1S/C19H21F2N5O/c1-23-10-13(9-22)17-11-24-12-18(25-17)26-6-4-19(27,5-7-26)14-2-3-15(20)16(21)8-14/h2-3,8-12,27H,4-7,22H2,1H3/b13-9+,23-10?. The van der Waals surface area contributed by atoms with Gasteiger partial charge in [-0.3, -0.25) is 9.98 Å². The predicted octanol–water partition coefficient (Wildman–Crippen LogP) is 2.24. The highest BCUT2D eigenvalue weighted by Crippen LogP contribution is 2.34. The van der Waals surface area contributed by atoms with E-state index in [0.717, 1.165) is 12.1 Å². The third-order valence-corrected chi connectivity index (χ3v) is 4.74. The van der Waals surface area contributed by atoms with E-state index < -0.39 is 17.2 Å². The minimum atomic E-state index is -1.20. The van der Waals surface area contributed by atoms with Gasteiger partial charge in [0.1, 0.15) is 5.82 Å². The summed E-state index contributed by atoms with van der Waals surface area (Å²) in [6.45, 7) is 0.994. The molecule has 1 aliphatic rings. The van der Waals surface area contributed by atoms with Gasteiger partial charge in [-0.05, 0) is 30.5 Å². The average molecular weight is 373 g/mol. The Balaban J connectivity index is 1.76. The van der Waals surface area contributed by atoms with Crippen LogP contribution in [-0.2, 0) is 5.60 Å². The maximum Gasteiger partial charge on any atom is 0.159 e. The Morgan fingerprint density at radius 1 is 1.26 bits per heavy atom. The van der Waals surface area contributed by atoms with E-state index in [1.54, 1.807) is 25.7 Å². The molecule has 1 saturated heterocycles. The van der Waals surface area contributed by atoms with Gasteiger partial charge < -0.3 is 15.7 Å². The highest BCUT2D eigenvalue weighted by Gasteiger charge is 2.35. The van der Waals surface area contributed by atoms with Crippen LogP contribution < -0.4 is 10.6 Å². The number of aliphatic imine (C=N–C) groups is 1.